The maximum absolute atomic E-state index is 12.1. The van der Waals surface area contributed by atoms with Gasteiger partial charge >= 0.3 is 0 Å². The standard InChI is InChI=1S/C13H12N2O4/c1-8(17)14-12(18)11(7-16)15-6-9-4-2-3-5-10(9)13(15)19/h2-5,7,11H,6H2,1H3,(H,14,17,18). The summed E-state index contributed by atoms with van der Waals surface area (Å²) in [4.78, 5) is 46.8. The molecule has 0 radical (unpaired) electrons. The quantitative estimate of drug-likeness (QED) is 0.606. The summed E-state index contributed by atoms with van der Waals surface area (Å²) in [5, 5.41) is 2.02. The van der Waals surface area contributed by atoms with Crippen molar-refractivity contribution in [3.05, 3.63) is 35.4 Å². The predicted octanol–water partition coefficient (Wildman–Crippen LogP) is -0.127. The van der Waals surface area contributed by atoms with Gasteiger partial charge in [-0.25, -0.2) is 0 Å². The van der Waals surface area contributed by atoms with Gasteiger partial charge in [-0.05, 0) is 11.6 Å². The van der Waals surface area contributed by atoms with Gasteiger partial charge in [-0.1, -0.05) is 18.2 Å². The van der Waals surface area contributed by atoms with E-state index in [1.807, 2.05) is 5.32 Å². The van der Waals surface area contributed by atoms with Crippen LogP contribution in [0.15, 0.2) is 24.3 Å². The molecule has 98 valence electrons. The maximum atomic E-state index is 12.1. The number of amides is 3. The Morgan fingerprint density at radius 1 is 1.37 bits per heavy atom. The largest absolute Gasteiger partial charge is 0.316 e. The molecule has 0 saturated heterocycles. The summed E-state index contributed by atoms with van der Waals surface area (Å²) in [6, 6.07) is 5.61. The van der Waals surface area contributed by atoms with Crippen molar-refractivity contribution in [2.75, 3.05) is 0 Å². The zero-order chi connectivity index (χ0) is 14.0. The Morgan fingerprint density at radius 3 is 2.63 bits per heavy atom. The number of hydrogen-bond donors (Lipinski definition) is 1. The molecule has 0 aliphatic carbocycles. The summed E-state index contributed by atoms with van der Waals surface area (Å²) in [5.74, 6) is -1.74. The van der Waals surface area contributed by atoms with E-state index in [4.69, 9.17) is 0 Å². The lowest BCUT2D eigenvalue weighted by atomic mass is 10.1. The Hall–Kier alpha value is -2.50. The molecule has 1 aliphatic rings. The van der Waals surface area contributed by atoms with Crippen LogP contribution in [0.5, 0.6) is 0 Å². The van der Waals surface area contributed by atoms with Crippen LogP contribution in [0, 0.1) is 0 Å². The van der Waals surface area contributed by atoms with Crippen LogP contribution in [-0.4, -0.2) is 34.9 Å². The first-order valence-corrected chi connectivity index (χ1v) is 5.70. The Morgan fingerprint density at radius 2 is 2.05 bits per heavy atom. The Labute approximate surface area is 109 Å². The topological polar surface area (TPSA) is 83.6 Å². The summed E-state index contributed by atoms with van der Waals surface area (Å²) in [7, 11) is 0. The number of aldehydes is 1. The molecule has 0 fully saturated rings. The van der Waals surface area contributed by atoms with Crippen LogP contribution < -0.4 is 5.32 Å². The van der Waals surface area contributed by atoms with Crippen LogP contribution in [0.3, 0.4) is 0 Å². The molecule has 6 heteroatoms. The number of nitrogens with zero attached hydrogens (tertiary/aromatic N) is 1. The molecule has 19 heavy (non-hydrogen) atoms. The smallest absolute Gasteiger partial charge is 0.256 e. The van der Waals surface area contributed by atoms with Crippen LogP contribution >= 0.6 is 0 Å². The van der Waals surface area contributed by atoms with E-state index in [9.17, 15) is 19.2 Å². The molecule has 1 aliphatic heterocycles. The zero-order valence-corrected chi connectivity index (χ0v) is 10.3. The van der Waals surface area contributed by atoms with Crippen LogP contribution in [-0.2, 0) is 20.9 Å². The van der Waals surface area contributed by atoms with Crippen molar-refractivity contribution >= 4 is 24.0 Å². The highest BCUT2D eigenvalue weighted by atomic mass is 16.2. The lowest BCUT2D eigenvalue weighted by Crippen LogP contribution is -2.49. The van der Waals surface area contributed by atoms with Crippen LogP contribution in [0.4, 0.5) is 0 Å². The number of imide groups is 1. The van der Waals surface area contributed by atoms with Crippen LogP contribution in [0.2, 0.25) is 0 Å². The number of nitrogens with one attached hydrogen (secondary N) is 1. The van der Waals surface area contributed by atoms with E-state index >= 15 is 0 Å². The number of carbonyl (C=O) groups is 4. The van der Waals surface area contributed by atoms with E-state index in [1.54, 1.807) is 24.3 Å². The van der Waals surface area contributed by atoms with Gasteiger partial charge in [0, 0.05) is 19.0 Å². The predicted molar refractivity (Wildman–Crippen MR) is 65.0 cm³/mol. The number of benzene rings is 1. The second kappa shape index (κ2) is 5.01. The summed E-state index contributed by atoms with van der Waals surface area (Å²) in [6.07, 6.45) is 0.363. The highest BCUT2D eigenvalue weighted by molar-refractivity contribution is 6.09. The van der Waals surface area contributed by atoms with Gasteiger partial charge in [0.15, 0.2) is 12.3 Å². The number of hydrogen-bond acceptors (Lipinski definition) is 4. The van der Waals surface area contributed by atoms with Crippen molar-refractivity contribution in [2.45, 2.75) is 19.5 Å². The van der Waals surface area contributed by atoms with E-state index in [2.05, 4.69) is 0 Å². The van der Waals surface area contributed by atoms with Crippen molar-refractivity contribution in [3.63, 3.8) is 0 Å². The third kappa shape index (κ3) is 2.37. The molecule has 1 N–H and O–H groups in total. The lowest BCUT2D eigenvalue weighted by molar-refractivity contribution is -0.134. The maximum Gasteiger partial charge on any atom is 0.256 e. The van der Waals surface area contributed by atoms with E-state index in [0.29, 0.717) is 11.8 Å². The summed E-state index contributed by atoms with van der Waals surface area (Å²) >= 11 is 0. The number of rotatable bonds is 3. The lowest BCUT2D eigenvalue weighted by Gasteiger charge is -2.21. The molecule has 1 aromatic carbocycles. The van der Waals surface area contributed by atoms with E-state index in [-0.39, 0.29) is 12.5 Å². The third-order valence-corrected chi connectivity index (χ3v) is 2.88. The Kier molecular flexibility index (Phi) is 3.41. The van der Waals surface area contributed by atoms with Crippen molar-refractivity contribution in [3.8, 4) is 0 Å². The fourth-order valence-corrected chi connectivity index (χ4v) is 2.03. The van der Waals surface area contributed by atoms with Gasteiger partial charge in [0.25, 0.3) is 11.8 Å². The minimum atomic E-state index is -1.29. The minimum Gasteiger partial charge on any atom is -0.316 e. The average Bonchev–Trinajstić information content (AvgIpc) is 2.68. The second-order valence-corrected chi connectivity index (χ2v) is 4.22. The molecule has 1 unspecified atom stereocenters. The van der Waals surface area contributed by atoms with Gasteiger partial charge in [-0.3, -0.25) is 19.7 Å². The summed E-state index contributed by atoms with van der Waals surface area (Å²) < 4.78 is 0. The molecule has 0 aromatic heterocycles. The molecule has 0 bridgehead atoms. The van der Waals surface area contributed by atoms with Crippen molar-refractivity contribution in [1.82, 2.24) is 10.2 Å². The van der Waals surface area contributed by atoms with Crippen LogP contribution in [0.25, 0.3) is 0 Å². The molecule has 1 atom stereocenters. The SMILES string of the molecule is CC(=O)NC(=O)C(C=O)N1Cc2ccccc2C1=O. The molecular weight excluding hydrogens is 248 g/mol. The number of carbonyl (C=O) groups excluding carboxylic acids is 4. The van der Waals surface area contributed by atoms with Crippen LogP contribution in [0.1, 0.15) is 22.8 Å². The molecular formula is C13H12N2O4. The van der Waals surface area contributed by atoms with Crippen molar-refractivity contribution in [1.29, 1.82) is 0 Å². The first-order chi connectivity index (χ1) is 9.04. The third-order valence-electron chi connectivity index (χ3n) is 2.88. The summed E-state index contributed by atoms with van der Waals surface area (Å²) in [5.41, 5.74) is 1.24. The first-order valence-electron chi connectivity index (χ1n) is 5.70. The van der Waals surface area contributed by atoms with Gasteiger partial charge in [-0.2, -0.15) is 0 Å². The van der Waals surface area contributed by atoms with E-state index < -0.39 is 17.9 Å². The minimum absolute atomic E-state index is 0.184. The molecule has 3 amide bonds. The molecule has 0 spiro atoms. The highest BCUT2D eigenvalue weighted by Crippen LogP contribution is 2.23. The molecule has 1 aromatic rings. The molecule has 6 nitrogen and oxygen atoms in total. The Balaban J connectivity index is 2.23. The second-order valence-electron chi connectivity index (χ2n) is 4.22. The Bertz CT molecular complexity index is 568. The summed E-state index contributed by atoms with van der Waals surface area (Å²) in [6.45, 7) is 1.35. The molecule has 2 rings (SSSR count). The monoisotopic (exact) mass is 260 g/mol. The van der Waals surface area contributed by atoms with Gasteiger partial charge < -0.3 is 9.69 Å². The van der Waals surface area contributed by atoms with Gasteiger partial charge in [0.05, 0.1) is 0 Å². The fraction of sp³-hybridized carbons (Fsp3) is 0.231. The van der Waals surface area contributed by atoms with Gasteiger partial charge in [0.1, 0.15) is 0 Å². The van der Waals surface area contributed by atoms with Gasteiger partial charge in [0.2, 0.25) is 5.91 Å². The first kappa shape index (κ1) is 12.9. The fourth-order valence-electron chi connectivity index (χ4n) is 2.03. The van der Waals surface area contributed by atoms with Crippen molar-refractivity contribution < 1.29 is 19.2 Å². The van der Waals surface area contributed by atoms with Gasteiger partial charge in [-0.15, -0.1) is 0 Å². The molecule has 1 heterocycles. The van der Waals surface area contributed by atoms with E-state index in [1.165, 1.54) is 6.92 Å². The van der Waals surface area contributed by atoms with Crippen molar-refractivity contribution in [2.24, 2.45) is 0 Å². The number of fused-ring (bicyclic) bond motifs is 1. The molecule has 0 saturated carbocycles. The zero-order valence-electron chi connectivity index (χ0n) is 10.3. The highest BCUT2D eigenvalue weighted by Gasteiger charge is 2.36. The van der Waals surface area contributed by atoms with E-state index in [0.717, 1.165) is 10.5 Å². The normalized spacial score (nSPS) is 14.8. The average molecular weight is 260 g/mol.